The molecular formula is C29H28N4O6. The minimum Gasteiger partial charge on any atom is -0.496 e. The van der Waals surface area contributed by atoms with E-state index in [4.69, 9.17) is 23.7 Å². The number of pyridine rings is 2. The number of furan rings is 1. The summed E-state index contributed by atoms with van der Waals surface area (Å²) in [6.45, 7) is 1.35. The monoisotopic (exact) mass is 528 g/mol. The maximum absolute atomic E-state index is 12.6. The standard InChI is InChI=1S/C29H28N4O6/c1-33(9-10-34)29(35)24-15-26(36-2)22(17-32-24)27-14-23-28(39-27)21(5-8-31-23)18-3-4-25(19(13-18)16-30)38-20-6-11-37-12-7-20/h3-5,8,13-15,17,20,34H,6-7,9-12H2,1-2H3. The van der Waals surface area contributed by atoms with E-state index in [9.17, 15) is 10.1 Å². The molecule has 0 spiro atoms. The Morgan fingerprint density at radius 3 is 2.72 bits per heavy atom. The van der Waals surface area contributed by atoms with Crippen LogP contribution in [0.5, 0.6) is 11.5 Å². The number of carbonyl (C=O) groups is 1. The second kappa shape index (κ2) is 11.5. The first-order chi connectivity index (χ1) is 19.0. The van der Waals surface area contributed by atoms with E-state index in [1.54, 1.807) is 31.4 Å². The molecule has 10 nitrogen and oxygen atoms in total. The molecule has 1 amide bonds. The van der Waals surface area contributed by atoms with Crippen LogP contribution in [0.3, 0.4) is 0 Å². The topological polar surface area (TPSA) is 131 Å². The number of likely N-dealkylation sites (N-methyl/N-ethyl adjacent to an activating group) is 1. The van der Waals surface area contributed by atoms with Gasteiger partial charge in [0.25, 0.3) is 5.91 Å². The minimum atomic E-state index is -0.333. The molecule has 0 unspecified atom stereocenters. The second-order valence-corrected chi connectivity index (χ2v) is 9.16. The summed E-state index contributed by atoms with van der Waals surface area (Å²) >= 11 is 0. The normalized spacial score (nSPS) is 13.7. The van der Waals surface area contributed by atoms with Crippen LogP contribution in [0, 0.1) is 11.3 Å². The highest BCUT2D eigenvalue weighted by Gasteiger charge is 2.21. The number of rotatable bonds is 8. The number of amides is 1. The van der Waals surface area contributed by atoms with Crippen molar-refractivity contribution in [3.05, 3.63) is 60.0 Å². The van der Waals surface area contributed by atoms with Gasteiger partial charge in [-0.05, 0) is 23.8 Å². The van der Waals surface area contributed by atoms with Gasteiger partial charge in [-0.15, -0.1) is 0 Å². The molecular weight excluding hydrogens is 500 g/mol. The van der Waals surface area contributed by atoms with Crippen molar-refractivity contribution in [3.63, 3.8) is 0 Å². The Hall–Kier alpha value is -4.46. The van der Waals surface area contributed by atoms with Gasteiger partial charge in [-0.2, -0.15) is 5.26 Å². The van der Waals surface area contributed by atoms with E-state index >= 15 is 0 Å². The van der Waals surface area contributed by atoms with Crippen LogP contribution in [0.2, 0.25) is 0 Å². The Bertz CT molecular complexity index is 1540. The summed E-state index contributed by atoms with van der Waals surface area (Å²) in [4.78, 5) is 22.8. The molecule has 1 fully saturated rings. The number of nitriles is 1. The lowest BCUT2D eigenvalue weighted by Crippen LogP contribution is -2.30. The number of hydrogen-bond donors (Lipinski definition) is 1. The molecule has 10 heteroatoms. The summed E-state index contributed by atoms with van der Waals surface area (Å²) in [7, 11) is 3.10. The summed E-state index contributed by atoms with van der Waals surface area (Å²) in [6.07, 6.45) is 4.81. The summed E-state index contributed by atoms with van der Waals surface area (Å²) in [5.74, 6) is 1.10. The summed E-state index contributed by atoms with van der Waals surface area (Å²) < 4.78 is 23.3. The van der Waals surface area contributed by atoms with Gasteiger partial charge in [0.1, 0.15) is 40.6 Å². The van der Waals surface area contributed by atoms with E-state index in [2.05, 4.69) is 16.0 Å². The van der Waals surface area contributed by atoms with Crippen molar-refractivity contribution < 1.29 is 28.5 Å². The molecule has 0 bridgehead atoms. The van der Waals surface area contributed by atoms with Crippen LogP contribution < -0.4 is 9.47 Å². The van der Waals surface area contributed by atoms with Crippen LogP contribution >= 0.6 is 0 Å². The molecule has 1 N–H and O–H groups in total. The molecule has 1 aromatic carbocycles. The molecule has 3 aromatic heterocycles. The number of fused-ring (bicyclic) bond motifs is 1. The molecule has 4 heterocycles. The van der Waals surface area contributed by atoms with Crippen molar-refractivity contribution >= 4 is 17.0 Å². The summed E-state index contributed by atoms with van der Waals surface area (Å²) in [6, 6.07) is 12.9. The van der Waals surface area contributed by atoms with Crippen LogP contribution in [0.1, 0.15) is 28.9 Å². The Kier molecular flexibility index (Phi) is 7.72. The molecule has 1 saturated heterocycles. The molecule has 0 radical (unpaired) electrons. The molecule has 1 aliphatic rings. The maximum Gasteiger partial charge on any atom is 0.272 e. The quantitative estimate of drug-likeness (QED) is 0.360. The molecule has 0 saturated carbocycles. The van der Waals surface area contributed by atoms with Crippen molar-refractivity contribution in [1.29, 1.82) is 5.26 Å². The predicted octanol–water partition coefficient (Wildman–Crippen LogP) is 4.06. The Morgan fingerprint density at radius 2 is 1.97 bits per heavy atom. The molecule has 0 atom stereocenters. The third-order valence-corrected chi connectivity index (χ3v) is 6.64. The van der Waals surface area contributed by atoms with Crippen molar-refractivity contribution in [3.8, 4) is 40.0 Å². The van der Waals surface area contributed by atoms with E-state index in [0.717, 1.165) is 24.0 Å². The van der Waals surface area contributed by atoms with Crippen molar-refractivity contribution in [2.24, 2.45) is 0 Å². The molecule has 4 aromatic rings. The lowest BCUT2D eigenvalue weighted by molar-refractivity contribution is 0.0254. The third-order valence-electron chi connectivity index (χ3n) is 6.64. The number of benzene rings is 1. The summed E-state index contributed by atoms with van der Waals surface area (Å²) in [5, 5.41) is 18.9. The van der Waals surface area contributed by atoms with Crippen LogP contribution in [0.15, 0.2) is 53.2 Å². The fourth-order valence-corrected chi connectivity index (χ4v) is 4.51. The van der Waals surface area contributed by atoms with Crippen LogP contribution in [-0.4, -0.2) is 72.5 Å². The average molecular weight is 529 g/mol. The highest BCUT2D eigenvalue weighted by atomic mass is 16.5. The van der Waals surface area contributed by atoms with E-state index in [1.165, 1.54) is 18.2 Å². The van der Waals surface area contributed by atoms with E-state index in [1.807, 2.05) is 18.2 Å². The minimum absolute atomic E-state index is 0.0253. The zero-order valence-electron chi connectivity index (χ0n) is 21.7. The zero-order chi connectivity index (χ0) is 27.4. The van der Waals surface area contributed by atoms with Crippen molar-refractivity contribution in [2.45, 2.75) is 18.9 Å². The fourth-order valence-electron chi connectivity index (χ4n) is 4.51. The Labute approximate surface area is 225 Å². The van der Waals surface area contributed by atoms with Gasteiger partial charge in [0.15, 0.2) is 5.58 Å². The number of aliphatic hydroxyl groups is 1. The molecule has 5 rings (SSSR count). The predicted molar refractivity (Wildman–Crippen MR) is 142 cm³/mol. The first kappa shape index (κ1) is 26.2. The van der Waals surface area contributed by atoms with Gasteiger partial charge >= 0.3 is 0 Å². The Morgan fingerprint density at radius 1 is 1.15 bits per heavy atom. The first-order valence-corrected chi connectivity index (χ1v) is 12.6. The van der Waals surface area contributed by atoms with E-state index in [0.29, 0.717) is 52.7 Å². The number of hydrogen-bond acceptors (Lipinski definition) is 9. The number of aromatic nitrogens is 2. The summed E-state index contributed by atoms with van der Waals surface area (Å²) in [5.41, 5.74) is 3.90. The molecule has 200 valence electrons. The lowest BCUT2D eigenvalue weighted by Gasteiger charge is -2.23. The van der Waals surface area contributed by atoms with Crippen LogP contribution in [0.4, 0.5) is 0 Å². The van der Waals surface area contributed by atoms with Gasteiger partial charge in [-0.1, -0.05) is 6.07 Å². The third kappa shape index (κ3) is 5.41. The Balaban J connectivity index is 1.48. The van der Waals surface area contributed by atoms with Crippen LogP contribution in [0.25, 0.3) is 33.6 Å². The molecule has 0 aliphatic carbocycles. The van der Waals surface area contributed by atoms with Gasteiger partial charge in [-0.25, -0.2) is 0 Å². The number of nitrogens with zero attached hydrogens (tertiary/aromatic N) is 4. The average Bonchev–Trinajstić information content (AvgIpc) is 3.42. The number of aliphatic hydroxyl groups excluding tert-OH is 1. The van der Waals surface area contributed by atoms with E-state index in [-0.39, 0.29) is 30.9 Å². The lowest BCUT2D eigenvalue weighted by atomic mass is 10.0. The SMILES string of the molecule is COc1cc(C(=O)N(C)CCO)ncc1-c1cc2nccc(-c3ccc(OC4CCOCC4)c(C#N)c3)c2o1. The van der Waals surface area contributed by atoms with Gasteiger partial charge in [0.2, 0.25) is 0 Å². The largest absolute Gasteiger partial charge is 0.496 e. The number of ether oxygens (including phenoxy) is 3. The molecule has 39 heavy (non-hydrogen) atoms. The van der Waals surface area contributed by atoms with Crippen LogP contribution in [-0.2, 0) is 4.74 Å². The van der Waals surface area contributed by atoms with Gasteiger partial charge in [0, 0.05) is 56.5 Å². The smallest absolute Gasteiger partial charge is 0.272 e. The molecule has 1 aliphatic heterocycles. The second-order valence-electron chi connectivity index (χ2n) is 9.16. The van der Waals surface area contributed by atoms with Gasteiger partial charge < -0.3 is 28.6 Å². The van der Waals surface area contributed by atoms with Crippen molar-refractivity contribution in [2.75, 3.05) is 40.5 Å². The van der Waals surface area contributed by atoms with Gasteiger partial charge in [-0.3, -0.25) is 14.8 Å². The number of carbonyl (C=O) groups excluding carboxylic acids is 1. The van der Waals surface area contributed by atoms with Crippen molar-refractivity contribution in [1.82, 2.24) is 14.9 Å². The zero-order valence-corrected chi connectivity index (χ0v) is 21.7. The van der Waals surface area contributed by atoms with Gasteiger partial charge in [0.05, 0.1) is 38.1 Å². The maximum atomic E-state index is 12.6. The van der Waals surface area contributed by atoms with E-state index < -0.39 is 0 Å². The fraction of sp³-hybridized carbons (Fsp3) is 0.310. The first-order valence-electron chi connectivity index (χ1n) is 12.6. The number of methoxy groups -OCH3 is 1. The highest BCUT2D eigenvalue weighted by molar-refractivity contribution is 5.95. The highest BCUT2D eigenvalue weighted by Crippen LogP contribution is 2.38.